The van der Waals surface area contributed by atoms with Gasteiger partial charge in [-0.05, 0) is 43.3 Å². The van der Waals surface area contributed by atoms with E-state index in [9.17, 15) is 22.8 Å². The normalized spacial score (nSPS) is 16.3. The van der Waals surface area contributed by atoms with E-state index in [4.69, 9.17) is 0 Å². The maximum absolute atomic E-state index is 12.6. The first kappa shape index (κ1) is 20.9. The largest absolute Gasteiger partial charge is 0.416 e. The Morgan fingerprint density at radius 1 is 0.931 bits per heavy atom. The smallest absolute Gasteiger partial charge is 0.336 e. The lowest BCUT2D eigenvalue weighted by atomic mass is 10.1. The van der Waals surface area contributed by atoms with Crippen LogP contribution in [0.4, 0.5) is 18.9 Å². The SMILES string of the molecule is C[C@H](C(=O)Nc1ccc(C(F)(F)F)cc1)N1CCN(C(=O)c2ccccc2)CC1. The summed E-state index contributed by atoms with van der Waals surface area (Å²) < 4.78 is 37.9. The van der Waals surface area contributed by atoms with Gasteiger partial charge in [-0.25, -0.2) is 0 Å². The van der Waals surface area contributed by atoms with E-state index in [1.165, 1.54) is 12.1 Å². The molecular formula is C21H22F3N3O2. The molecule has 1 aliphatic heterocycles. The van der Waals surface area contributed by atoms with Crippen molar-refractivity contribution in [1.82, 2.24) is 9.80 Å². The van der Waals surface area contributed by atoms with E-state index < -0.39 is 17.8 Å². The highest BCUT2D eigenvalue weighted by Crippen LogP contribution is 2.29. The summed E-state index contributed by atoms with van der Waals surface area (Å²) in [7, 11) is 0. The lowest BCUT2D eigenvalue weighted by Gasteiger charge is -2.37. The Morgan fingerprint density at radius 3 is 2.07 bits per heavy atom. The van der Waals surface area contributed by atoms with E-state index >= 15 is 0 Å². The molecule has 0 aliphatic carbocycles. The summed E-state index contributed by atoms with van der Waals surface area (Å²) in [5.74, 6) is -0.334. The van der Waals surface area contributed by atoms with Gasteiger partial charge in [-0.3, -0.25) is 14.5 Å². The van der Waals surface area contributed by atoms with Gasteiger partial charge in [-0.2, -0.15) is 13.2 Å². The van der Waals surface area contributed by atoms with E-state index in [-0.39, 0.29) is 11.8 Å². The number of nitrogens with zero attached hydrogens (tertiary/aromatic N) is 2. The molecule has 1 saturated heterocycles. The minimum absolute atomic E-state index is 0.0351. The number of anilines is 1. The minimum Gasteiger partial charge on any atom is -0.336 e. The number of carbonyl (C=O) groups excluding carboxylic acids is 2. The molecule has 0 spiro atoms. The number of piperazine rings is 1. The van der Waals surface area contributed by atoms with Gasteiger partial charge in [0, 0.05) is 37.4 Å². The van der Waals surface area contributed by atoms with Crippen LogP contribution in [0.15, 0.2) is 54.6 Å². The van der Waals surface area contributed by atoms with Crippen LogP contribution in [0.25, 0.3) is 0 Å². The molecular weight excluding hydrogens is 383 g/mol. The summed E-state index contributed by atoms with van der Waals surface area (Å²) in [5.41, 5.74) is 0.185. The standard InChI is InChI=1S/C21H22F3N3O2/c1-15(19(28)25-18-9-7-17(8-10-18)21(22,23)24)26-11-13-27(14-12-26)20(29)16-5-3-2-4-6-16/h2-10,15H,11-14H2,1H3,(H,25,28)/t15-/m1/s1. The lowest BCUT2D eigenvalue weighted by molar-refractivity contribution is -0.137. The fourth-order valence-electron chi connectivity index (χ4n) is 3.23. The molecule has 0 saturated carbocycles. The van der Waals surface area contributed by atoms with Crippen molar-refractivity contribution < 1.29 is 22.8 Å². The fourth-order valence-corrected chi connectivity index (χ4v) is 3.23. The lowest BCUT2D eigenvalue weighted by Crippen LogP contribution is -2.54. The highest BCUT2D eigenvalue weighted by atomic mass is 19.4. The number of halogens is 3. The number of hydrogen-bond acceptors (Lipinski definition) is 3. The quantitative estimate of drug-likeness (QED) is 0.847. The summed E-state index contributed by atoms with van der Waals surface area (Å²) in [6.07, 6.45) is -4.41. The topological polar surface area (TPSA) is 52.7 Å². The van der Waals surface area contributed by atoms with Crippen LogP contribution in [0, 0.1) is 0 Å². The zero-order chi connectivity index (χ0) is 21.0. The van der Waals surface area contributed by atoms with Crippen molar-refractivity contribution in [2.75, 3.05) is 31.5 Å². The molecule has 8 heteroatoms. The molecule has 154 valence electrons. The van der Waals surface area contributed by atoms with Crippen LogP contribution in [0.1, 0.15) is 22.8 Å². The number of amides is 2. The van der Waals surface area contributed by atoms with Crippen molar-refractivity contribution in [3.05, 3.63) is 65.7 Å². The van der Waals surface area contributed by atoms with Crippen LogP contribution in [0.5, 0.6) is 0 Å². The number of alkyl halides is 3. The minimum atomic E-state index is -4.41. The molecule has 0 unspecified atom stereocenters. The maximum atomic E-state index is 12.6. The van der Waals surface area contributed by atoms with Crippen LogP contribution in [0.2, 0.25) is 0 Å². The molecule has 0 bridgehead atoms. The Hall–Kier alpha value is -2.87. The molecule has 0 radical (unpaired) electrons. The predicted octanol–water partition coefficient (Wildman–Crippen LogP) is 3.49. The molecule has 1 fully saturated rings. The Morgan fingerprint density at radius 2 is 1.52 bits per heavy atom. The number of rotatable bonds is 4. The summed E-state index contributed by atoms with van der Waals surface area (Å²) in [6, 6.07) is 12.9. The molecule has 1 heterocycles. The average molecular weight is 405 g/mol. The molecule has 5 nitrogen and oxygen atoms in total. The van der Waals surface area contributed by atoms with Gasteiger partial charge in [0.25, 0.3) is 5.91 Å². The first-order valence-electron chi connectivity index (χ1n) is 9.32. The van der Waals surface area contributed by atoms with Gasteiger partial charge in [0.1, 0.15) is 0 Å². The summed E-state index contributed by atoms with van der Waals surface area (Å²) in [5, 5.41) is 2.65. The average Bonchev–Trinajstić information content (AvgIpc) is 2.73. The van der Waals surface area contributed by atoms with E-state index in [2.05, 4.69) is 5.32 Å². The Bertz CT molecular complexity index is 846. The number of hydrogen-bond donors (Lipinski definition) is 1. The second-order valence-electron chi connectivity index (χ2n) is 6.93. The fraction of sp³-hybridized carbons (Fsp3) is 0.333. The molecule has 2 aromatic carbocycles. The van der Waals surface area contributed by atoms with Crippen LogP contribution in [-0.4, -0.2) is 53.8 Å². The first-order valence-corrected chi connectivity index (χ1v) is 9.32. The number of nitrogens with one attached hydrogen (secondary N) is 1. The second kappa shape index (κ2) is 8.65. The van der Waals surface area contributed by atoms with Gasteiger partial charge in [-0.1, -0.05) is 18.2 Å². The summed E-state index contributed by atoms with van der Waals surface area (Å²) in [6.45, 7) is 3.84. The van der Waals surface area contributed by atoms with Crippen LogP contribution in [0.3, 0.4) is 0 Å². The van der Waals surface area contributed by atoms with E-state index in [0.717, 1.165) is 12.1 Å². The van der Waals surface area contributed by atoms with Gasteiger partial charge < -0.3 is 10.2 Å². The molecule has 2 aromatic rings. The van der Waals surface area contributed by atoms with Crippen LogP contribution >= 0.6 is 0 Å². The number of carbonyl (C=O) groups is 2. The number of benzene rings is 2. The Kier molecular flexibility index (Phi) is 6.22. The van der Waals surface area contributed by atoms with Gasteiger partial charge in [0.2, 0.25) is 5.91 Å². The molecule has 0 aromatic heterocycles. The second-order valence-corrected chi connectivity index (χ2v) is 6.93. The van der Waals surface area contributed by atoms with Crippen molar-refractivity contribution in [2.24, 2.45) is 0 Å². The van der Waals surface area contributed by atoms with Crippen molar-refractivity contribution in [3.8, 4) is 0 Å². The third kappa shape index (κ3) is 5.14. The maximum Gasteiger partial charge on any atom is 0.416 e. The highest BCUT2D eigenvalue weighted by Gasteiger charge is 2.30. The van der Waals surface area contributed by atoms with Crippen molar-refractivity contribution in [2.45, 2.75) is 19.1 Å². The van der Waals surface area contributed by atoms with Gasteiger partial charge in [0.15, 0.2) is 0 Å². The van der Waals surface area contributed by atoms with Crippen molar-refractivity contribution in [3.63, 3.8) is 0 Å². The van der Waals surface area contributed by atoms with Crippen molar-refractivity contribution in [1.29, 1.82) is 0 Å². The Labute approximate surface area is 167 Å². The van der Waals surface area contributed by atoms with Crippen molar-refractivity contribution >= 4 is 17.5 Å². The van der Waals surface area contributed by atoms with Crippen LogP contribution in [-0.2, 0) is 11.0 Å². The van der Waals surface area contributed by atoms with Crippen LogP contribution < -0.4 is 5.32 Å². The van der Waals surface area contributed by atoms with E-state index in [1.807, 2.05) is 23.1 Å². The zero-order valence-electron chi connectivity index (χ0n) is 15.9. The summed E-state index contributed by atoms with van der Waals surface area (Å²) >= 11 is 0. The molecule has 3 rings (SSSR count). The Balaban J connectivity index is 1.53. The van der Waals surface area contributed by atoms with Gasteiger partial charge in [-0.15, -0.1) is 0 Å². The highest BCUT2D eigenvalue weighted by molar-refractivity contribution is 5.95. The zero-order valence-corrected chi connectivity index (χ0v) is 15.9. The van der Waals surface area contributed by atoms with E-state index in [1.54, 1.807) is 24.0 Å². The molecule has 2 amide bonds. The molecule has 1 aliphatic rings. The van der Waals surface area contributed by atoms with E-state index in [0.29, 0.717) is 37.4 Å². The third-order valence-electron chi connectivity index (χ3n) is 5.03. The monoisotopic (exact) mass is 405 g/mol. The molecule has 1 atom stereocenters. The first-order chi connectivity index (χ1) is 13.8. The molecule has 29 heavy (non-hydrogen) atoms. The van der Waals surface area contributed by atoms with Gasteiger partial charge in [0.05, 0.1) is 11.6 Å². The summed E-state index contributed by atoms with van der Waals surface area (Å²) in [4.78, 5) is 28.7. The predicted molar refractivity (Wildman–Crippen MR) is 103 cm³/mol. The third-order valence-corrected chi connectivity index (χ3v) is 5.03. The van der Waals surface area contributed by atoms with Gasteiger partial charge >= 0.3 is 6.18 Å². The molecule has 1 N–H and O–H groups in total.